The minimum atomic E-state index is -4.24. The average molecular weight is 264 g/mol. The number of carbonyl (C=O) groups excluding carboxylic acids is 1. The molecule has 0 saturated heterocycles. The van der Waals surface area contributed by atoms with Crippen molar-refractivity contribution in [1.82, 2.24) is 0 Å². The van der Waals surface area contributed by atoms with E-state index >= 15 is 0 Å². The molecule has 1 aliphatic carbocycles. The highest BCUT2D eigenvalue weighted by Crippen LogP contribution is 2.25. The van der Waals surface area contributed by atoms with Crippen LogP contribution < -0.4 is 0 Å². The Morgan fingerprint density at radius 2 is 1.65 bits per heavy atom. The first-order valence-corrected chi connectivity index (χ1v) is 7.22. The van der Waals surface area contributed by atoms with Crippen molar-refractivity contribution in [1.29, 1.82) is 0 Å². The maximum atomic E-state index is 11.6. The van der Waals surface area contributed by atoms with E-state index in [-0.39, 0.29) is 5.92 Å². The van der Waals surface area contributed by atoms with Gasteiger partial charge in [0.05, 0.1) is 11.5 Å². The predicted molar refractivity (Wildman–Crippen MR) is 62.4 cm³/mol. The van der Waals surface area contributed by atoms with Crippen LogP contribution in [0.1, 0.15) is 52.9 Å². The molecule has 100 valence electrons. The lowest BCUT2D eigenvalue weighted by atomic mass is 9.90. The summed E-state index contributed by atoms with van der Waals surface area (Å²) in [5.41, 5.74) is -0.897. The first kappa shape index (κ1) is 14.4. The highest BCUT2D eigenvalue weighted by Gasteiger charge is 2.30. The molecule has 1 aliphatic rings. The minimum absolute atomic E-state index is 0.304. The topological polar surface area (TPSA) is 69.7 Å². The van der Waals surface area contributed by atoms with Gasteiger partial charge in [-0.05, 0) is 33.6 Å². The molecule has 0 unspecified atom stereocenters. The van der Waals surface area contributed by atoms with Crippen LogP contribution in [-0.2, 0) is 23.6 Å². The van der Waals surface area contributed by atoms with Gasteiger partial charge in [0.25, 0.3) is 0 Å². The highest BCUT2D eigenvalue weighted by atomic mass is 32.3. The van der Waals surface area contributed by atoms with Crippen molar-refractivity contribution in [2.45, 2.75) is 58.5 Å². The fraction of sp³-hybridized carbons (Fsp3) is 0.909. The molecule has 0 spiro atoms. The van der Waals surface area contributed by atoms with Crippen LogP contribution in [0.5, 0.6) is 0 Å². The number of rotatable bonds is 3. The molecule has 0 N–H and O–H groups in total. The Bertz CT molecular complexity index is 360. The molecular formula is C11H20O5S. The Kier molecular flexibility index (Phi) is 4.55. The van der Waals surface area contributed by atoms with Gasteiger partial charge in [-0.1, -0.05) is 19.3 Å². The third-order valence-corrected chi connectivity index (χ3v) is 3.55. The molecule has 0 aromatic heterocycles. The van der Waals surface area contributed by atoms with Crippen LogP contribution in [-0.4, -0.2) is 20.0 Å². The largest absolute Gasteiger partial charge is 0.452 e. The fourth-order valence-corrected chi connectivity index (χ4v) is 2.81. The Morgan fingerprint density at radius 1 is 1.12 bits per heavy atom. The number of hydrogen-bond donors (Lipinski definition) is 0. The number of carbonyl (C=O) groups is 1. The minimum Gasteiger partial charge on any atom is -0.325 e. The van der Waals surface area contributed by atoms with Gasteiger partial charge in [-0.25, -0.2) is 4.18 Å². The highest BCUT2D eigenvalue weighted by molar-refractivity contribution is 7.82. The van der Waals surface area contributed by atoms with E-state index in [1.165, 1.54) is 0 Å². The van der Waals surface area contributed by atoms with E-state index in [4.69, 9.17) is 4.18 Å². The summed E-state index contributed by atoms with van der Waals surface area (Å²) in [5.74, 6) is -0.990. The summed E-state index contributed by atoms with van der Waals surface area (Å²) in [7, 11) is -4.24. The van der Waals surface area contributed by atoms with Crippen molar-refractivity contribution in [3.05, 3.63) is 0 Å². The lowest BCUT2D eigenvalue weighted by Crippen LogP contribution is -2.30. The van der Waals surface area contributed by atoms with Gasteiger partial charge in [0, 0.05) is 0 Å². The van der Waals surface area contributed by atoms with E-state index in [2.05, 4.69) is 4.18 Å². The summed E-state index contributed by atoms with van der Waals surface area (Å²) >= 11 is 0. The Labute approximate surface area is 103 Å². The quantitative estimate of drug-likeness (QED) is 0.781. The van der Waals surface area contributed by atoms with E-state index in [1.807, 2.05) is 0 Å². The van der Waals surface area contributed by atoms with E-state index in [0.717, 1.165) is 19.3 Å². The summed E-state index contributed by atoms with van der Waals surface area (Å²) in [6.07, 6.45) is 4.38. The van der Waals surface area contributed by atoms with Crippen LogP contribution in [0.3, 0.4) is 0 Å². The van der Waals surface area contributed by atoms with E-state index in [9.17, 15) is 13.2 Å². The van der Waals surface area contributed by atoms with Crippen LogP contribution in [0.2, 0.25) is 0 Å². The summed E-state index contributed by atoms with van der Waals surface area (Å²) in [6.45, 7) is 4.75. The molecule has 1 saturated carbocycles. The van der Waals surface area contributed by atoms with Crippen LogP contribution >= 0.6 is 0 Å². The molecule has 0 aliphatic heterocycles. The molecule has 0 radical (unpaired) electrons. The Morgan fingerprint density at radius 3 is 2.12 bits per heavy atom. The van der Waals surface area contributed by atoms with Crippen molar-refractivity contribution in [2.75, 3.05) is 0 Å². The van der Waals surface area contributed by atoms with Gasteiger partial charge in [0.15, 0.2) is 0 Å². The zero-order valence-corrected chi connectivity index (χ0v) is 11.4. The van der Waals surface area contributed by atoms with Crippen molar-refractivity contribution < 1.29 is 21.6 Å². The van der Waals surface area contributed by atoms with Gasteiger partial charge in [-0.2, -0.15) is 8.42 Å². The molecule has 0 bridgehead atoms. The zero-order valence-electron chi connectivity index (χ0n) is 10.6. The van der Waals surface area contributed by atoms with Gasteiger partial charge in [0.2, 0.25) is 0 Å². The molecule has 5 nitrogen and oxygen atoms in total. The molecule has 1 rings (SSSR count). The molecular weight excluding hydrogens is 244 g/mol. The maximum Gasteiger partial charge on any atom is 0.452 e. The summed E-state index contributed by atoms with van der Waals surface area (Å²) in [4.78, 5) is 11.6. The maximum absolute atomic E-state index is 11.6. The first-order valence-electron chi connectivity index (χ1n) is 5.88. The summed E-state index contributed by atoms with van der Waals surface area (Å²) in [6, 6.07) is 0. The smallest absolute Gasteiger partial charge is 0.325 e. The van der Waals surface area contributed by atoms with Crippen molar-refractivity contribution in [3.63, 3.8) is 0 Å². The van der Waals surface area contributed by atoms with Crippen LogP contribution in [0.4, 0.5) is 0 Å². The molecule has 0 heterocycles. The fourth-order valence-electron chi connectivity index (χ4n) is 1.83. The van der Waals surface area contributed by atoms with Gasteiger partial charge in [0.1, 0.15) is 0 Å². The van der Waals surface area contributed by atoms with Gasteiger partial charge in [-0.3, -0.25) is 4.79 Å². The molecule has 6 heteroatoms. The van der Waals surface area contributed by atoms with Crippen LogP contribution in [0, 0.1) is 5.92 Å². The SMILES string of the molecule is CC(C)(C)OS(=O)(=O)OC(=O)C1CCCCC1. The molecule has 0 atom stereocenters. The second-order valence-electron chi connectivity index (χ2n) is 5.34. The van der Waals surface area contributed by atoms with E-state index < -0.39 is 22.0 Å². The van der Waals surface area contributed by atoms with Crippen molar-refractivity contribution in [3.8, 4) is 0 Å². The summed E-state index contributed by atoms with van der Waals surface area (Å²) in [5, 5.41) is 0. The first-order chi connectivity index (χ1) is 7.70. The Hall–Kier alpha value is -0.620. The van der Waals surface area contributed by atoms with E-state index in [0.29, 0.717) is 12.8 Å². The summed E-state index contributed by atoms with van der Waals surface area (Å²) < 4.78 is 32.0. The second-order valence-corrected chi connectivity index (χ2v) is 6.49. The second kappa shape index (κ2) is 5.35. The van der Waals surface area contributed by atoms with Crippen LogP contribution in [0.25, 0.3) is 0 Å². The third kappa shape index (κ3) is 5.50. The molecule has 0 amide bonds. The monoisotopic (exact) mass is 264 g/mol. The third-order valence-electron chi connectivity index (χ3n) is 2.47. The standard InChI is InChI=1S/C11H20O5S/c1-11(2,3)16-17(13,14)15-10(12)9-7-5-4-6-8-9/h9H,4-8H2,1-3H3. The Balaban J connectivity index is 2.55. The zero-order chi connectivity index (χ0) is 13.1. The van der Waals surface area contributed by atoms with Crippen LogP contribution in [0.15, 0.2) is 0 Å². The number of hydrogen-bond acceptors (Lipinski definition) is 5. The predicted octanol–water partition coefficient (Wildman–Crippen LogP) is 2.17. The average Bonchev–Trinajstić information content (AvgIpc) is 2.14. The molecule has 0 aromatic rings. The molecule has 1 fully saturated rings. The lowest BCUT2D eigenvalue weighted by molar-refractivity contribution is -0.140. The van der Waals surface area contributed by atoms with Crippen molar-refractivity contribution in [2.24, 2.45) is 5.92 Å². The van der Waals surface area contributed by atoms with Crippen molar-refractivity contribution >= 4 is 16.4 Å². The lowest BCUT2D eigenvalue weighted by Gasteiger charge is -2.21. The normalized spacial score (nSPS) is 19.0. The van der Waals surface area contributed by atoms with Gasteiger partial charge in [-0.15, -0.1) is 0 Å². The van der Waals surface area contributed by atoms with Gasteiger partial charge < -0.3 is 4.18 Å². The van der Waals surface area contributed by atoms with E-state index in [1.54, 1.807) is 20.8 Å². The molecule has 17 heavy (non-hydrogen) atoms. The van der Waals surface area contributed by atoms with Gasteiger partial charge >= 0.3 is 16.4 Å². The molecule has 0 aromatic carbocycles.